The van der Waals surface area contributed by atoms with Gasteiger partial charge < -0.3 is 10.3 Å². The van der Waals surface area contributed by atoms with Crippen LogP contribution in [0.3, 0.4) is 0 Å². The van der Waals surface area contributed by atoms with Crippen molar-refractivity contribution in [3.8, 4) is 5.69 Å². The first-order chi connectivity index (χ1) is 8.15. The van der Waals surface area contributed by atoms with Gasteiger partial charge in [0.15, 0.2) is 0 Å². The summed E-state index contributed by atoms with van der Waals surface area (Å²) < 4.78 is 3.10. The van der Waals surface area contributed by atoms with Crippen molar-refractivity contribution in [3.05, 3.63) is 35.4 Å². The van der Waals surface area contributed by atoms with E-state index in [0.717, 1.165) is 32.4 Å². The highest BCUT2D eigenvalue weighted by molar-refractivity contribution is 7.18. The Labute approximate surface area is 103 Å². The first-order valence-electron chi connectivity index (χ1n) is 5.32. The van der Waals surface area contributed by atoms with Crippen LogP contribution in [0.2, 0.25) is 0 Å². The second kappa shape index (κ2) is 3.56. The molecule has 2 heterocycles. The molecular weight excluding hydrogens is 232 g/mol. The maximum Gasteiger partial charge on any atom is 0.110 e. The topological polar surface area (TPSA) is 56.7 Å². The predicted molar refractivity (Wildman–Crippen MR) is 70.6 cm³/mol. The molecule has 0 aliphatic carbocycles. The Bertz CT molecular complexity index is 696. The first kappa shape index (κ1) is 10.3. The third-order valence-corrected chi connectivity index (χ3v) is 3.66. The Morgan fingerprint density at radius 3 is 2.82 bits per heavy atom. The van der Waals surface area contributed by atoms with Gasteiger partial charge in [0.25, 0.3) is 0 Å². The van der Waals surface area contributed by atoms with Crippen LogP contribution in [0, 0.1) is 13.8 Å². The van der Waals surface area contributed by atoms with Crippen LogP contribution in [0.15, 0.2) is 24.5 Å². The van der Waals surface area contributed by atoms with Gasteiger partial charge in [-0.15, -0.1) is 11.3 Å². The third kappa shape index (κ3) is 1.59. The molecule has 3 aromatic rings. The highest BCUT2D eigenvalue weighted by Crippen LogP contribution is 2.29. The monoisotopic (exact) mass is 244 g/mol. The minimum atomic E-state index is 0.752. The molecule has 0 saturated carbocycles. The summed E-state index contributed by atoms with van der Waals surface area (Å²) in [5.74, 6) is 0.919. The van der Waals surface area contributed by atoms with Crippen molar-refractivity contribution in [2.24, 2.45) is 0 Å². The van der Waals surface area contributed by atoms with E-state index in [1.54, 1.807) is 17.5 Å². The number of fused-ring (bicyclic) bond motifs is 1. The fourth-order valence-corrected chi connectivity index (χ4v) is 2.79. The van der Waals surface area contributed by atoms with Gasteiger partial charge in [-0.1, -0.05) is 0 Å². The van der Waals surface area contributed by atoms with Crippen molar-refractivity contribution in [1.29, 1.82) is 0 Å². The molecule has 0 atom stereocenters. The Morgan fingerprint density at radius 1 is 1.29 bits per heavy atom. The number of thiazole rings is 1. The Hall–Kier alpha value is -1.88. The number of rotatable bonds is 1. The fraction of sp³-hybridized carbons (Fsp3) is 0.167. The predicted octanol–water partition coefficient (Wildman–Crippen LogP) is 2.68. The molecule has 0 fully saturated rings. The summed E-state index contributed by atoms with van der Waals surface area (Å²) in [6.45, 7) is 3.96. The molecule has 0 bridgehead atoms. The lowest BCUT2D eigenvalue weighted by Crippen LogP contribution is -2.00. The van der Waals surface area contributed by atoms with Crippen LogP contribution in [0.5, 0.6) is 0 Å². The summed E-state index contributed by atoms with van der Waals surface area (Å²) in [5.41, 5.74) is 8.77. The summed E-state index contributed by atoms with van der Waals surface area (Å²) in [5, 5.41) is 1.05. The third-order valence-electron chi connectivity index (χ3n) is 2.73. The standard InChI is InChI=1S/C12H12N4S/c1-7-14-3-4-16(7)11-6-10-12(5-9(11)13)17-8(2)15-10/h3-6H,13H2,1-2H3. The van der Waals surface area contributed by atoms with E-state index in [4.69, 9.17) is 5.73 Å². The normalized spacial score (nSPS) is 11.2. The lowest BCUT2D eigenvalue weighted by atomic mass is 10.2. The van der Waals surface area contributed by atoms with Gasteiger partial charge in [0, 0.05) is 12.4 Å². The van der Waals surface area contributed by atoms with Crippen molar-refractivity contribution in [2.45, 2.75) is 13.8 Å². The highest BCUT2D eigenvalue weighted by atomic mass is 32.1. The minimum absolute atomic E-state index is 0.752. The fourth-order valence-electron chi connectivity index (χ4n) is 1.93. The highest BCUT2D eigenvalue weighted by Gasteiger charge is 2.09. The number of nitrogen functional groups attached to an aromatic ring is 1. The average Bonchev–Trinajstić information content (AvgIpc) is 2.82. The Kier molecular flexibility index (Phi) is 2.16. The van der Waals surface area contributed by atoms with E-state index in [-0.39, 0.29) is 0 Å². The van der Waals surface area contributed by atoms with E-state index >= 15 is 0 Å². The molecule has 5 heteroatoms. The maximum atomic E-state index is 6.09. The van der Waals surface area contributed by atoms with Crippen molar-refractivity contribution < 1.29 is 0 Å². The number of benzene rings is 1. The molecule has 1 aromatic carbocycles. The average molecular weight is 244 g/mol. The largest absolute Gasteiger partial charge is 0.397 e. The smallest absolute Gasteiger partial charge is 0.110 e. The second-order valence-electron chi connectivity index (χ2n) is 3.96. The van der Waals surface area contributed by atoms with E-state index in [9.17, 15) is 0 Å². The Morgan fingerprint density at radius 2 is 2.12 bits per heavy atom. The molecule has 0 saturated heterocycles. The Balaban J connectivity index is 2.29. The number of nitrogens with zero attached hydrogens (tertiary/aromatic N) is 3. The van der Waals surface area contributed by atoms with Crippen molar-refractivity contribution in [1.82, 2.24) is 14.5 Å². The van der Waals surface area contributed by atoms with E-state index in [2.05, 4.69) is 9.97 Å². The van der Waals surface area contributed by atoms with Gasteiger partial charge in [-0.05, 0) is 26.0 Å². The summed E-state index contributed by atoms with van der Waals surface area (Å²) in [4.78, 5) is 8.69. The molecule has 3 rings (SSSR count). The molecule has 2 aromatic heterocycles. The molecule has 0 aliphatic heterocycles. The SMILES string of the molecule is Cc1nc2cc(-n3ccnc3C)c(N)cc2s1. The summed E-state index contributed by atoms with van der Waals surface area (Å²) in [6, 6.07) is 4.00. The minimum Gasteiger partial charge on any atom is -0.397 e. The molecule has 0 amide bonds. The van der Waals surface area contributed by atoms with E-state index < -0.39 is 0 Å². The molecule has 86 valence electrons. The summed E-state index contributed by atoms with van der Waals surface area (Å²) in [6.07, 6.45) is 3.68. The van der Waals surface area contributed by atoms with Crippen LogP contribution in [-0.4, -0.2) is 14.5 Å². The zero-order valence-electron chi connectivity index (χ0n) is 9.64. The summed E-state index contributed by atoms with van der Waals surface area (Å²) >= 11 is 1.66. The van der Waals surface area contributed by atoms with E-state index in [1.165, 1.54) is 0 Å². The van der Waals surface area contributed by atoms with Gasteiger partial charge in [-0.2, -0.15) is 0 Å². The molecule has 2 N–H and O–H groups in total. The van der Waals surface area contributed by atoms with Gasteiger partial charge in [0.2, 0.25) is 0 Å². The van der Waals surface area contributed by atoms with Gasteiger partial charge in [0.1, 0.15) is 5.82 Å². The van der Waals surface area contributed by atoms with Gasteiger partial charge in [0.05, 0.1) is 26.6 Å². The number of aryl methyl sites for hydroxylation is 2. The quantitative estimate of drug-likeness (QED) is 0.669. The maximum absolute atomic E-state index is 6.09. The number of aromatic nitrogens is 3. The second-order valence-corrected chi connectivity index (χ2v) is 5.19. The number of imidazole rings is 1. The van der Waals surface area contributed by atoms with Crippen LogP contribution in [0.25, 0.3) is 15.9 Å². The van der Waals surface area contributed by atoms with E-state index in [1.807, 2.05) is 36.7 Å². The molecule has 4 nitrogen and oxygen atoms in total. The lowest BCUT2D eigenvalue weighted by Gasteiger charge is -2.08. The van der Waals surface area contributed by atoms with Crippen LogP contribution in [0.1, 0.15) is 10.8 Å². The first-order valence-corrected chi connectivity index (χ1v) is 6.14. The van der Waals surface area contributed by atoms with Crippen molar-refractivity contribution in [3.63, 3.8) is 0 Å². The number of nitrogens with two attached hydrogens (primary N) is 1. The zero-order valence-corrected chi connectivity index (χ0v) is 10.5. The summed E-state index contributed by atoms with van der Waals surface area (Å²) in [7, 11) is 0. The van der Waals surface area contributed by atoms with Crippen LogP contribution >= 0.6 is 11.3 Å². The zero-order chi connectivity index (χ0) is 12.0. The lowest BCUT2D eigenvalue weighted by molar-refractivity contribution is 0.978. The molecule has 0 aliphatic rings. The van der Waals surface area contributed by atoms with E-state index in [0.29, 0.717) is 0 Å². The van der Waals surface area contributed by atoms with Crippen LogP contribution in [-0.2, 0) is 0 Å². The number of anilines is 1. The van der Waals surface area contributed by atoms with Gasteiger partial charge >= 0.3 is 0 Å². The number of hydrogen-bond acceptors (Lipinski definition) is 4. The van der Waals surface area contributed by atoms with Gasteiger partial charge in [-0.25, -0.2) is 9.97 Å². The number of hydrogen-bond donors (Lipinski definition) is 1. The molecule has 0 unspecified atom stereocenters. The van der Waals surface area contributed by atoms with Crippen LogP contribution < -0.4 is 5.73 Å². The molecule has 0 spiro atoms. The van der Waals surface area contributed by atoms with Crippen LogP contribution in [0.4, 0.5) is 5.69 Å². The molecule has 17 heavy (non-hydrogen) atoms. The van der Waals surface area contributed by atoms with Gasteiger partial charge in [-0.3, -0.25) is 0 Å². The molecule has 0 radical (unpaired) electrons. The van der Waals surface area contributed by atoms with Crippen molar-refractivity contribution in [2.75, 3.05) is 5.73 Å². The van der Waals surface area contributed by atoms with Crippen molar-refractivity contribution >= 4 is 27.2 Å². The molecular formula is C12H12N4S.